The number of Topliss-reactive ketones (excluding diaryl/α,β-unsaturated/α-hetero) is 1. The van der Waals surface area contributed by atoms with Crippen molar-refractivity contribution in [1.29, 1.82) is 0 Å². The highest BCUT2D eigenvalue weighted by Gasteiger charge is 2.80. The van der Waals surface area contributed by atoms with E-state index in [0.29, 0.717) is 46.7 Å². The molecule has 4 aromatic rings. The van der Waals surface area contributed by atoms with Crippen LogP contribution in [-0.2, 0) is 62.4 Å². The van der Waals surface area contributed by atoms with E-state index in [2.05, 4.69) is 55.5 Å². The predicted molar refractivity (Wildman–Crippen MR) is 284 cm³/mol. The average molecular weight is 1090 g/mol. The van der Waals surface area contributed by atoms with Crippen LogP contribution in [0.4, 0.5) is 16.2 Å². The molecule has 1 aliphatic heterocycles. The average Bonchev–Trinajstić information content (AvgIpc) is 3.85. The minimum atomic E-state index is -1.38. The Morgan fingerprint density at radius 1 is 0.887 bits per heavy atom. The number of rotatable bonds is 19. The van der Waals surface area contributed by atoms with Crippen LogP contribution < -0.4 is 21.3 Å². The van der Waals surface area contributed by atoms with Crippen molar-refractivity contribution >= 4 is 52.7 Å². The SMILES string of the molecule is C[C@]12C=CC(=O)C=C1CC[C@@H]1[C@@H]2[C@@H](O)C[C@@]2(C)[C@H]1C[C@H]1O[C@@H](C34CC(Cc5cccc(NC(=O)OCc6ccc(NC(=O)[C@H](CCC(=O)O)NC(=O)CNC(=O)Cc7ccc(-c8nncnn8)cc7)cc6)c5)(C3)C4)O[C@]12C(=O)CO. The monoisotopic (exact) mass is 1090 g/mol. The zero-order valence-corrected chi connectivity index (χ0v) is 44.4. The van der Waals surface area contributed by atoms with Gasteiger partial charge in [-0.1, -0.05) is 74.0 Å². The van der Waals surface area contributed by atoms with Gasteiger partial charge in [-0.25, -0.2) is 4.79 Å². The summed E-state index contributed by atoms with van der Waals surface area (Å²) in [6, 6.07) is 19.6. The van der Waals surface area contributed by atoms with Gasteiger partial charge in [0, 0.05) is 45.5 Å². The van der Waals surface area contributed by atoms with Gasteiger partial charge in [0.2, 0.25) is 23.5 Å². The molecule has 4 amide bonds. The van der Waals surface area contributed by atoms with E-state index < -0.39 is 96.1 Å². The van der Waals surface area contributed by atoms with Gasteiger partial charge < -0.3 is 45.5 Å². The van der Waals surface area contributed by atoms with Crippen LogP contribution in [0.15, 0.2) is 103 Å². The minimum absolute atomic E-state index is 0.00123. The first kappa shape index (κ1) is 54.4. The van der Waals surface area contributed by atoms with E-state index in [1.54, 1.807) is 66.7 Å². The van der Waals surface area contributed by atoms with Crippen LogP contribution in [0.5, 0.6) is 0 Å². The largest absolute Gasteiger partial charge is 0.481 e. The second kappa shape index (κ2) is 21.1. The zero-order chi connectivity index (χ0) is 56.2. The molecule has 0 spiro atoms. The molecule has 2 heterocycles. The highest BCUT2D eigenvalue weighted by molar-refractivity contribution is 6.01. The second-order valence-electron chi connectivity index (χ2n) is 23.6. The summed E-state index contributed by atoms with van der Waals surface area (Å²) in [7, 11) is 0. The number of aliphatic carboxylic acids is 1. The quantitative estimate of drug-likeness (QED) is 0.0652. The lowest BCUT2D eigenvalue weighted by Crippen LogP contribution is -2.69. The van der Waals surface area contributed by atoms with E-state index in [9.17, 15) is 48.9 Å². The highest BCUT2D eigenvalue weighted by atomic mass is 16.7. The lowest BCUT2D eigenvalue weighted by atomic mass is 9.33. The number of aliphatic hydroxyl groups is 2. The molecule has 80 heavy (non-hydrogen) atoms. The number of carboxylic acids is 1. The standard InChI is InChI=1S/C59H64N8O13/c1-55-19-18-40(69)22-37(55)12-15-41-42-23-46-59(45(71)27-68,56(42,2)25-44(70)50(41)55)80-53(79-46)58-29-57(30-58,31-58)24-35-4-3-5-39(20-35)64-54(77)78-28-34-8-13-38(14-9-34)63-52(76)43(16-17-49(74)75)65-48(73)26-60-47(72)21-33-6-10-36(11-7-33)51-66-61-32-62-67-51/h3-11,13-14,18-20,22,32,41-44,46,50,53,68,70H,12,15-17,21,23-31H2,1-2H3,(H,60,72)(H,63,76)(H,64,77)(H,65,73)(H,74,75)/t41-,42-,43-,44-,46+,50+,53+,55-,56-,57?,58?,59+/m0/s1. The molecule has 1 saturated heterocycles. The number of aliphatic hydroxyl groups excluding tert-OH is 2. The third-order valence-corrected chi connectivity index (χ3v) is 18.5. The van der Waals surface area contributed by atoms with E-state index in [4.69, 9.17) is 14.2 Å². The van der Waals surface area contributed by atoms with E-state index in [1.165, 1.54) is 6.33 Å². The number of hydrogen-bond donors (Lipinski definition) is 7. The molecule has 7 aliphatic carbocycles. The first-order valence-electron chi connectivity index (χ1n) is 27.2. The maximum atomic E-state index is 14.1. The van der Waals surface area contributed by atoms with Crippen molar-refractivity contribution in [2.24, 2.45) is 39.4 Å². The number of carbonyl (C=O) groups excluding carboxylic acids is 6. The summed E-state index contributed by atoms with van der Waals surface area (Å²) < 4.78 is 19.4. The van der Waals surface area contributed by atoms with Gasteiger partial charge in [0.25, 0.3) is 0 Å². The maximum absolute atomic E-state index is 14.1. The number of nitrogens with zero attached hydrogens (tertiary/aromatic N) is 4. The Morgan fingerprint density at radius 2 is 1.62 bits per heavy atom. The number of ketones is 2. The molecule has 6 saturated carbocycles. The summed E-state index contributed by atoms with van der Waals surface area (Å²) in [4.78, 5) is 89.6. The first-order valence-corrected chi connectivity index (χ1v) is 27.2. The van der Waals surface area contributed by atoms with Crippen molar-refractivity contribution in [3.05, 3.63) is 120 Å². The van der Waals surface area contributed by atoms with Gasteiger partial charge in [-0.3, -0.25) is 34.1 Å². The topological polar surface area (TPSA) is 308 Å². The van der Waals surface area contributed by atoms with Gasteiger partial charge in [-0.05, 0) is 128 Å². The summed E-state index contributed by atoms with van der Waals surface area (Å²) in [5.41, 5.74) is 2.04. The van der Waals surface area contributed by atoms with Gasteiger partial charge in [-0.15, -0.1) is 20.4 Å². The fraction of sp³-hybridized carbons (Fsp3) is 0.475. The van der Waals surface area contributed by atoms with Crippen molar-refractivity contribution in [3.63, 3.8) is 0 Å². The Morgan fingerprint density at radius 3 is 2.35 bits per heavy atom. The van der Waals surface area contributed by atoms with E-state index in [1.807, 2.05) is 24.3 Å². The number of anilines is 2. The van der Waals surface area contributed by atoms with Crippen molar-refractivity contribution < 1.29 is 63.1 Å². The van der Waals surface area contributed by atoms with Gasteiger partial charge in [-0.2, -0.15) is 0 Å². The first-order chi connectivity index (χ1) is 38.3. The molecule has 21 nitrogen and oxygen atoms in total. The van der Waals surface area contributed by atoms with Crippen molar-refractivity contribution in [2.45, 2.75) is 121 Å². The Labute approximate surface area is 460 Å². The molecular formula is C59H64N8O13. The molecule has 10 atom stereocenters. The number of ether oxygens (including phenoxy) is 3. The highest BCUT2D eigenvalue weighted by Crippen LogP contribution is 2.79. The summed E-state index contributed by atoms with van der Waals surface area (Å²) >= 11 is 0. The molecule has 0 radical (unpaired) electrons. The lowest BCUT2D eigenvalue weighted by molar-refractivity contribution is -0.323. The molecule has 3 aromatic carbocycles. The fourth-order valence-corrected chi connectivity index (χ4v) is 15.2. The number of amides is 4. The Kier molecular flexibility index (Phi) is 14.4. The summed E-state index contributed by atoms with van der Waals surface area (Å²) in [5.74, 6) is -3.09. The van der Waals surface area contributed by atoms with Crippen molar-refractivity contribution in [1.82, 2.24) is 31.0 Å². The van der Waals surface area contributed by atoms with Gasteiger partial charge in [0.1, 0.15) is 19.3 Å². The fourth-order valence-electron chi connectivity index (χ4n) is 15.2. The molecule has 8 aliphatic rings. The number of carbonyl (C=O) groups is 7. The van der Waals surface area contributed by atoms with Crippen LogP contribution in [0.2, 0.25) is 0 Å². The van der Waals surface area contributed by atoms with Crippen LogP contribution in [0.3, 0.4) is 0 Å². The lowest BCUT2D eigenvalue weighted by Gasteiger charge is -2.72. The van der Waals surface area contributed by atoms with Crippen LogP contribution in [0.25, 0.3) is 11.4 Å². The van der Waals surface area contributed by atoms with Crippen molar-refractivity contribution in [2.75, 3.05) is 23.8 Å². The second-order valence-corrected chi connectivity index (χ2v) is 23.6. The molecule has 7 fully saturated rings. The number of nitrogens with one attached hydrogen (secondary N) is 4. The van der Waals surface area contributed by atoms with E-state index in [0.717, 1.165) is 49.7 Å². The summed E-state index contributed by atoms with van der Waals surface area (Å²) in [6.45, 7) is 2.95. The molecule has 0 unspecified atom stereocenters. The van der Waals surface area contributed by atoms with Crippen molar-refractivity contribution in [3.8, 4) is 11.4 Å². The minimum Gasteiger partial charge on any atom is -0.481 e. The Hall–Kier alpha value is -7.59. The molecule has 21 heteroatoms. The number of aromatic nitrogens is 4. The Bertz CT molecular complexity index is 3170. The van der Waals surface area contributed by atoms with Gasteiger partial charge in [0.05, 0.1) is 25.2 Å². The number of benzene rings is 3. The summed E-state index contributed by atoms with van der Waals surface area (Å²) in [5, 5.41) is 57.5. The molecule has 1 aromatic heterocycles. The maximum Gasteiger partial charge on any atom is 0.411 e. The molecule has 12 rings (SSSR count). The molecular weight excluding hydrogens is 1030 g/mol. The number of fused-ring (bicyclic) bond motifs is 7. The predicted octanol–water partition coefficient (Wildman–Crippen LogP) is 4.97. The smallest absolute Gasteiger partial charge is 0.411 e. The van der Waals surface area contributed by atoms with Crippen LogP contribution >= 0.6 is 0 Å². The third-order valence-electron chi connectivity index (χ3n) is 18.5. The Balaban J connectivity index is 0.633. The molecule has 418 valence electrons. The van der Waals surface area contributed by atoms with E-state index >= 15 is 0 Å². The number of carboxylic acid groups (broad SMARTS) is 1. The van der Waals surface area contributed by atoms with Gasteiger partial charge in [0.15, 0.2) is 29.8 Å². The third kappa shape index (κ3) is 9.97. The number of allylic oxidation sites excluding steroid dienone is 4. The van der Waals surface area contributed by atoms with Crippen LogP contribution in [0.1, 0.15) is 88.3 Å². The number of hydrogen-bond acceptors (Lipinski definition) is 16. The molecule has 2 bridgehead atoms. The van der Waals surface area contributed by atoms with Crippen LogP contribution in [0, 0.1) is 39.4 Å². The van der Waals surface area contributed by atoms with E-state index in [-0.39, 0.29) is 53.8 Å². The van der Waals surface area contributed by atoms with Crippen LogP contribution in [-0.4, -0.2) is 120 Å². The molecule has 7 N–H and O–H groups in total. The zero-order valence-electron chi connectivity index (χ0n) is 44.4. The normalized spacial score (nSPS) is 31.5. The van der Waals surface area contributed by atoms with Gasteiger partial charge >= 0.3 is 12.1 Å². The summed E-state index contributed by atoms with van der Waals surface area (Å²) in [6.07, 6.45) is 9.00.